The van der Waals surface area contributed by atoms with Gasteiger partial charge in [-0.1, -0.05) is 25.9 Å². The van der Waals surface area contributed by atoms with Crippen LogP contribution in [0.5, 0.6) is 0 Å². The van der Waals surface area contributed by atoms with Crippen LogP contribution < -0.4 is 5.73 Å². The van der Waals surface area contributed by atoms with Gasteiger partial charge in [0.25, 0.3) is 0 Å². The summed E-state index contributed by atoms with van der Waals surface area (Å²) in [6.45, 7) is 6.48. The monoisotopic (exact) mass is 182 g/mol. The average molecular weight is 182 g/mol. The summed E-state index contributed by atoms with van der Waals surface area (Å²) in [6, 6.07) is 0. The lowest BCUT2D eigenvalue weighted by molar-refractivity contribution is 0.423. The third-order valence-corrected chi connectivity index (χ3v) is 2.21. The molecule has 13 heavy (non-hydrogen) atoms. The van der Waals surface area contributed by atoms with E-state index in [0.717, 1.165) is 30.5 Å². The lowest BCUT2D eigenvalue weighted by atomic mass is 10.0. The minimum Gasteiger partial charge on any atom is -0.367 e. The first-order chi connectivity index (χ1) is 6.15. The van der Waals surface area contributed by atoms with Crippen LogP contribution in [0.15, 0.2) is 4.52 Å². The molecule has 0 saturated heterocycles. The number of nitrogens with zero attached hydrogens (tertiary/aromatic N) is 1. The zero-order valence-corrected chi connectivity index (χ0v) is 8.63. The molecule has 0 aliphatic carbocycles. The number of hydrogen-bond donors (Lipinski definition) is 1. The normalized spacial score (nSPS) is 11.1. The highest BCUT2D eigenvalue weighted by Gasteiger charge is 2.11. The van der Waals surface area contributed by atoms with Crippen LogP contribution in [-0.4, -0.2) is 5.16 Å². The van der Waals surface area contributed by atoms with Crippen LogP contribution in [0.25, 0.3) is 0 Å². The average Bonchev–Trinajstić information content (AvgIpc) is 2.42. The molecule has 74 valence electrons. The summed E-state index contributed by atoms with van der Waals surface area (Å²) >= 11 is 0. The van der Waals surface area contributed by atoms with Gasteiger partial charge in [-0.25, -0.2) is 0 Å². The molecule has 1 aromatic heterocycles. The van der Waals surface area contributed by atoms with E-state index in [1.54, 1.807) is 0 Å². The van der Waals surface area contributed by atoms with Crippen molar-refractivity contribution < 1.29 is 4.52 Å². The second-order valence-electron chi connectivity index (χ2n) is 3.76. The fourth-order valence-corrected chi connectivity index (χ4v) is 1.36. The Morgan fingerprint density at radius 3 is 2.69 bits per heavy atom. The third-order valence-electron chi connectivity index (χ3n) is 2.21. The SMILES string of the molecule is CCc1c(CCC(C)C)noc1N. The zero-order valence-electron chi connectivity index (χ0n) is 8.63. The Bertz CT molecular complexity index is 266. The number of aromatic nitrogens is 1. The predicted molar refractivity (Wildman–Crippen MR) is 53.5 cm³/mol. The standard InChI is InChI=1S/C10H18N2O/c1-4-8-9(6-5-7(2)3)12-13-10(8)11/h7H,4-6,11H2,1-3H3. The van der Waals surface area contributed by atoms with Gasteiger partial charge >= 0.3 is 0 Å². The molecule has 0 fully saturated rings. The van der Waals surface area contributed by atoms with Gasteiger partial charge in [-0.05, 0) is 25.2 Å². The molecule has 0 bridgehead atoms. The van der Waals surface area contributed by atoms with Gasteiger partial charge in [0.1, 0.15) is 0 Å². The molecule has 0 aliphatic rings. The van der Waals surface area contributed by atoms with E-state index in [-0.39, 0.29) is 0 Å². The first-order valence-corrected chi connectivity index (χ1v) is 4.88. The molecule has 1 rings (SSSR count). The molecule has 0 unspecified atom stereocenters. The summed E-state index contributed by atoms with van der Waals surface area (Å²) in [5.41, 5.74) is 7.75. The fraction of sp³-hybridized carbons (Fsp3) is 0.700. The summed E-state index contributed by atoms with van der Waals surface area (Å²) < 4.78 is 4.95. The number of rotatable bonds is 4. The van der Waals surface area contributed by atoms with E-state index in [0.29, 0.717) is 11.8 Å². The molecule has 0 aliphatic heterocycles. The van der Waals surface area contributed by atoms with Crippen LogP contribution in [-0.2, 0) is 12.8 Å². The number of hydrogen-bond acceptors (Lipinski definition) is 3. The van der Waals surface area contributed by atoms with Crippen LogP contribution in [0, 0.1) is 5.92 Å². The van der Waals surface area contributed by atoms with Gasteiger partial charge < -0.3 is 10.3 Å². The third kappa shape index (κ3) is 2.47. The summed E-state index contributed by atoms with van der Waals surface area (Å²) in [4.78, 5) is 0. The molecule has 0 atom stereocenters. The summed E-state index contributed by atoms with van der Waals surface area (Å²) in [7, 11) is 0. The van der Waals surface area contributed by atoms with Crippen LogP contribution in [0.1, 0.15) is 38.4 Å². The van der Waals surface area contributed by atoms with Gasteiger partial charge in [0.15, 0.2) is 0 Å². The Morgan fingerprint density at radius 1 is 1.46 bits per heavy atom. The largest absolute Gasteiger partial charge is 0.367 e. The van der Waals surface area contributed by atoms with Gasteiger partial charge in [0.05, 0.1) is 5.69 Å². The van der Waals surface area contributed by atoms with E-state index in [4.69, 9.17) is 10.3 Å². The van der Waals surface area contributed by atoms with Crippen molar-refractivity contribution in [3.63, 3.8) is 0 Å². The van der Waals surface area contributed by atoms with Gasteiger partial charge in [-0.2, -0.15) is 0 Å². The number of nitrogen functional groups attached to an aromatic ring is 1. The van der Waals surface area contributed by atoms with Crippen molar-refractivity contribution in [2.75, 3.05) is 5.73 Å². The second kappa shape index (κ2) is 4.30. The molecule has 0 aromatic carbocycles. The fourth-order valence-electron chi connectivity index (χ4n) is 1.36. The minimum atomic E-state index is 0.487. The van der Waals surface area contributed by atoms with Crippen molar-refractivity contribution in [3.8, 4) is 0 Å². The van der Waals surface area contributed by atoms with E-state index in [9.17, 15) is 0 Å². The molecular weight excluding hydrogens is 164 g/mol. The maximum atomic E-state index is 5.63. The predicted octanol–water partition coefficient (Wildman–Crippen LogP) is 2.41. The summed E-state index contributed by atoms with van der Waals surface area (Å²) in [5.74, 6) is 1.18. The summed E-state index contributed by atoms with van der Waals surface area (Å²) in [6.07, 6.45) is 3.02. The quantitative estimate of drug-likeness (QED) is 0.778. The van der Waals surface area contributed by atoms with E-state index >= 15 is 0 Å². The van der Waals surface area contributed by atoms with Crippen LogP contribution in [0.2, 0.25) is 0 Å². The molecule has 0 amide bonds. The molecule has 1 heterocycles. The molecule has 0 radical (unpaired) electrons. The van der Waals surface area contributed by atoms with Crippen LogP contribution in [0.3, 0.4) is 0 Å². The Kier molecular flexibility index (Phi) is 3.34. The Balaban J connectivity index is 2.65. The maximum absolute atomic E-state index is 5.63. The van der Waals surface area contributed by atoms with Crippen LogP contribution in [0.4, 0.5) is 5.88 Å². The van der Waals surface area contributed by atoms with Crippen molar-refractivity contribution in [2.24, 2.45) is 5.92 Å². The lowest BCUT2D eigenvalue weighted by Gasteiger charge is -2.02. The highest BCUT2D eigenvalue weighted by atomic mass is 16.5. The van der Waals surface area contributed by atoms with E-state index in [2.05, 4.69) is 25.9 Å². The second-order valence-corrected chi connectivity index (χ2v) is 3.76. The molecule has 3 heteroatoms. The van der Waals surface area contributed by atoms with Gasteiger partial charge in [0, 0.05) is 5.56 Å². The maximum Gasteiger partial charge on any atom is 0.225 e. The smallest absolute Gasteiger partial charge is 0.225 e. The minimum absolute atomic E-state index is 0.487. The Morgan fingerprint density at radius 2 is 2.15 bits per heavy atom. The molecule has 1 aromatic rings. The van der Waals surface area contributed by atoms with E-state index in [1.807, 2.05) is 0 Å². The van der Waals surface area contributed by atoms with Crippen molar-refractivity contribution in [2.45, 2.75) is 40.0 Å². The highest BCUT2D eigenvalue weighted by Crippen LogP contribution is 2.19. The van der Waals surface area contributed by atoms with E-state index < -0.39 is 0 Å². The number of anilines is 1. The van der Waals surface area contributed by atoms with Crippen LogP contribution >= 0.6 is 0 Å². The van der Waals surface area contributed by atoms with Gasteiger partial charge in [-0.15, -0.1) is 0 Å². The molecule has 2 N–H and O–H groups in total. The Labute approximate surface area is 79.3 Å². The topological polar surface area (TPSA) is 52.0 Å². The van der Waals surface area contributed by atoms with Gasteiger partial charge in [-0.3, -0.25) is 0 Å². The van der Waals surface area contributed by atoms with Crippen molar-refractivity contribution in [1.29, 1.82) is 0 Å². The van der Waals surface area contributed by atoms with Crippen molar-refractivity contribution in [1.82, 2.24) is 5.16 Å². The Hall–Kier alpha value is -0.990. The molecule has 3 nitrogen and oxygen atoms in total. The first-order valence-electron chi connectivity index (χ1n) is 4.88. The van der Waals surface area contributed by atoms with Crippen molar-refractivity contribution in [3.05, 3.63) is 11.3 Å². The lowest BCUT2D eigenvalue weighted by Crippen LogP contribution is -1.97. The summed E-state index contributed by atoms with van der Waals surface area (Å²) in [5, 5.41) is 3.96. The molecule has 0 saturated carbocycles. The zero-order chi connectivity index (χ0) is 9.84. The number of nitrogens with two attached hydrogens (primary N) is 1. The number of aryl methyl sites for hydroxylation is 1. The van der Waals surface area contributed by atoms with E-state index in [1.165, 1.54) is 0 Å². The first kappa shape index (κ1) is 10.1. The molecule has 0 spiro atoms. The van der Waals surface area contributed by atoms with Crippen molar-refractivity contribution >= 4 is 5.88 Å². The van der Waals surface area contributed by atoms with Gasteiger partial charge in [0.2, 0.25) is 5.88 Å². The molecular formula is C10H18N2O. The highest BCUT2D eigenvalue weighted by molar-refractivity contribution is 5.38.